The lowest BCUT2D eigenvalue weighted by molar-refractivity contribution is -0.168. The third kappa shape index (κ3) is 28.2. The van der Waals surface area contributed by atoms with E-state index < -0.39 is 35.4 Å². The molecule has 21 nitrogen and oxygen atoms in total. The first-order chi connectivity index (χ1) is 25.3. The van der Waals surface area contributed by atoms with Crippen LogP contribution >= 0.6 is 0 Å². The summed E-state index contributed by atoms with van der Waals surface area (Å²) in [6.07, 6.45) is 2.59. The lowest BCUT2D eigenvalue weighted by Crippen LogP contribution is -2.34. The number of hydrogen-bond donors (Lipinski definition) is 7. The predicted molar refractivity (Wildman–Crippen MR) is 183 cm³/mol. The second-order valence-electron chi connectivity index (χ2n) is 11.6. The van der Waals surface area contributed by atoms with E-state index in [1.807, 2.05) is 0 Å². The average molecular weight is 766 g/mol. The first-order valence-electron chi connectivity index (χ1n) is 17.8. The monoisotopic (exact) mass is 765 g/mol. The number of rotatable bonds is 32. The second kappa shape index (κ2) is 31.5. The first-order valence-corrected chi connectivity index (χ1v) is 17.8. The van der Waals surface area contributed by atoms with Gasteiger partial charge in [-0.1, -0.05) is 26.2 Å². The number of nitrogens with zero attached hydrogens (tertiary/aromatic N) is 4. The Bertz CT molecular complexity index is 1100. The fourth-order valence-electron chi connectivity index (χ4n) is 4.08. The standard InChI is InChI=1S/C32H59N7O14/c1-3-4-5-6-16-37(48)30(44)10-7-27(41)34-14-21-52-24-18-39(50)32(46)12-9-29(43)35-15-22-53-25-19-38(49)31(45)11-8-28(42)33-13-20-51-23-17-36(47)26(2)40/h47-50H,3-25H2,1-2H3,(H,33,42)(H,34,41)(H,35,43). The molecule has 7 N–H and O–H groups in total. The van der Waals surface area contributed by atoms with Crippen molar-refractivity contribution in [3.8, 4) is 0 Å². The normalized spacial score (nSPS) is 10.7. The van der Waals surface area contributed by atoms with Gasteiger partial charge in [-0.15, -0.1) is 0 Å². The van der Waals surface area contributed by atoms with Crippen LogP contribution in [0.3, 0.4) is 0 Å². The van der Waals surface area contributed by atoms with Gasteiger partial charge in [0.05, 0.1) is 59.3 Å². The molecule has 21 heteroatoms. The van der Waals surface area contributed by atoms with E-state index in [2.05, 4.69) is 22.9 Å². The zero-order valence-corrected chi connectivity index (χ0v) is 30.9. The quantitative estimate of drug-likeness (QED) is 0.0251. The minimum absolute atomic E-state index is 0.0117. The molecule has 0 aromatic rings. The van der Waals surface area contributed by atoms with Crippen LogP contribution in [0.5, 0.6) is 0 Å². The number of hydroxylamine groups is 8. The number of carbonyl (C=O) groups excluding carboxylic acids is 7. The molecule has 7 amide bonds. The molecule has 0 unspecified atom stereocenters. The Morgan fingerprint density at radius 2 is 0.792 bits per heavy atom. The number of nitrogens with one attached hydrogen (secondary N) is 3. The van der Waals surface area contributed by atoms with Crippen LogP contribution in [0.4, 0.5) is 0 Å². The van der Waals surface area contributed by atoms with Gasteiger partial charge < -0.3 is 30.2 Å². The van der Waals surface area contributed by atoms with Crippen molar-refractivity contribution in [2.45, 2.75) is 78.1 Å². The van der Waals surface area contributed by atoms with Crippen LogP contribution in [-0.4, -0.2) is 168 Å². The van der Waals surface area contributed by atoms with Gasteiger partial charge in [0.15, 0.2) is 0 Å². The van der Waals surface area contributed by atoms with Crippen LogP contribution in [0.25, 0.3) is 0 Å². The highest BCUT2D eigenvalue weighted by Crippen LogP contribution is 2.03. The van der Waals surface area contributed by atoms with Crippen molar-refractivity contribution in [2.24, 2.45) is 0 Å². The van der Waals surface area contributed by atoms with E-state index in [0.717, 1.165) is 19.3 Å². The molecule has 0 bridgehead atoms. The summed E-state index contributed by atoms with van der Waals surface area (Å²) in [5.41, 5.74) is 0. The summed E-state index contributed by atoms with van der Waals surface area (Å²) in [6.45, 7) is 3.82. The van der Waals surface area contributed by atoms with Gasteiger partial charge in [0.25, 0.3) is 0 Å². The van der Waals surface area contributed by atoms with Crippen molar-refractivity contribution < 1.29 is 68.6 Å². The Labute approximate surface area is 309 Å². The van der Waals surface area contributed by atoms with Crippen LogP contribution in [-0.2, 0) is 47.8 Å². The zero-order chi connectivity index (χ0) is 39.9. The Kier molecular flexibility index (Phi) is 29.2. The van der Waals surface area contributed by atoms with Gasteiger partial charge in [0.2, 0.25) is 41.4 Å². The van der Waals surface area contributed by atoms with Crippen LogP contribution in [0, 0.1) is 0 Å². The Morgan fingerprint density at radius 3 is 1.13 bits per heavy atom. The summed E-state index contributed by atoms with van der Waals surface area (Å²) in [4.78, 5) is 82.5. The van der Waals surface area contributed by atoms with Gasteiger partial charge in [0.1, 0.15) is 0 Å². The summed E-state index contributed by atoms with van der Waals surface area (Å²) in [5.74, 6) is -3.70. The fourth-order valence-corrected chi connectivity index (χ4v) is 4.08. The van der Waals surface area contributed by atoms with Crippen molar-refractivity contribution in [1.82, 2.24) is 36.2 Å². The molecule has 0 aromatic carbocycles. The molecule has 0 heterocycles. The highest BCUT2D eigenvalue weighted by atomic mass is 16.5. The van der Waals surface area contributed by atoms with Crippen molar-refractivity contribution in [3.63, 3.8) is 0 Å². The molecule has 0 radical (unpaired) electrons. The summed E-state index contributed by atoms with van der Waals surface area (Å²) >= 11 is 0. The molecule has 0 spiro atoms. The maximum absolute atomic E-state index is 12.1. The molecule has 0 atom stereocenters. The maximum Gasteiger partial charge on any atom is 0.246 e. The molecule has 0 fully saturated rings. The molecule has 0 aliphatic carbocycles. The number of unbranched alkanes of at least 4 members (excludes halogenated alkanes) is 3. The van der Waals surface area contributed by atoms with Crippen LogP contribution in [0.1, 0.15) is 78.1 Å². The number of carbonyl (C=O) groups is 7. The SMILES string of the molecule is CCCCCCN(O)C(=O)CCC(=O)NCCOCCN(O)C(=O)CCC(=O)NCCOCCN(O)C(=O)CCC(=O)NCCOCCN(O)C(C)=O. The van der Waals surface area contributed by atoms with Crippen molar-refractivity contribution >= 4 is 41.4 Å². The third-order valence-electron chi connectivity index (χ3n) is 7.20. The van der Waals surface area contributed by atoms with E-state index in [1.165, 1.54) is 6.92 Å². The maximum atomic E-state index is 12.1. The number of ether oxygens (including phenoxy) is 3. The molecule has 0 aliphatic heterocycles. The summed E-state index contributed by atoms with van der Waals surface area (Å²) in [5, 5.41) is 48.3. The third-order valence-corrected chi connectivity index (χ3v) is 7.20. The summed E-state index contributed by atoms with van der Waals surface area (Å²) in [6, 6.07) is 0. The highest BCUT2D eigenvalue weighted by molar-refractivity contribution is 5.84. The Hall–Kier alpha value is -3.99. The van der Waals surface area contributed by atoms with E-state index in [-0.39, 0.29) is 130 Å². The average Bonchev–Trinajstić information content (AvgIpc) is 3.13. The molecule has 0 saturated carbocycles. The van der Waals surface area contributed by atoms with Gasteiger partial charge in [0, 0.05) is 71.6 Å². The minimum Gasteiger partial charge on any atom is -0.378 e. The predicted octanol–water partition coefficient (Wildman–Crippen LogP) is -0.803. The van der Waals surface area contributed by atoms with Crippen LogP contribution in [0.2, 0.25) is 0 Å². The zero-order valence-electron chi connectivity index (χ0n) is 30.9. The summed E-state index contributed by atoms with van der Waals surface area (Å²) in [7, 11) is 0. The topological polar surface area (TPSA) is 277 Å². The number of hydrogen-bond acceptors (Lipinski definition) is 14. The van der Waals surface area contributed by atoms with E-state index in [1.54, 1.807) is 0 Å². The smallest absolute Gasteiger partial charge is 0.246 e. The number of amides is 7. The Morgan fingerprint density at radius 1 is 0.453 bits per heavy atom. The van der Waals surface area contributed by atoms with E-state index >= 15 is 0 Å². The minimum atomic E-state index is -0.696. The van der Waals surface area contributed by atoms with Crippen LogP contribution < -0.4 is 16.0 Å². The molecule has 0 aromatic heterocycles. The van der Waals surface area contributed by atoms with Crippen LogP contribution in [0.15, 0.2) is 0 Å². The van der Waals surface area contributed by atoms with Crippen molar-refractivity contribution in [1.29, 1.82) is 0 Å². The summed E-state index contributed by atoms with van der Waals surface area (Å²) < 4.78 is 15.7. The second-order valence-corrected chi connectivity index (χ2v) is 11.6. The molecule has 0 saturated heterocycles. The highest BCUT2D eigenvalue weighted by Gasteiger charge is 2.16. The first kappa shape index (κ1) is 49.0. The molecular weight excluding hydrogens is 706 g/mol. The molecule has 0 rings (SSSR count). The van der Waals surface area contributed by atoms with Gasteiger partial charge in [-0.05, 0) is 6.42 Å². The van der Waals surface area contributed by atoms with E-state index in [4.69, 9.17) is 14.2 Å². The fraction of sp³-hybridized carbons (Fsp3) is 0.781. The molecule has 306 valence electrons. The van der Waals surface area contributed by atoms with Gasteiger partial charge in [-0.2, -0.15) is 0 Å². The molecular formula is C32H59N7O14. The van der Waals surface area contributed by atoms with Crippen molar-refractivity contribution in [3.05, 3.63) is 0 Å². The van der Waals surface area contributed by atoms with Gasteiger partial charge in [-0.3, -0.25) is 54.4 Å². The lowest BCUT2D eigenvalue weighted by atomic mass is 10.2. The van der Waals surface area contributed by atoms with E-state index in [0.29, 0.717) is 26.7 Å². The largest absolute Gasteiger partial charge is 0.378 e. The molecule has 53 heavy (non-hydrogen) atoms. The van der Waals surface area contributed by atoms with Gasteiger partial charge >= 0.3 is 0 Å². The Balaban J connectivity index is 3.81. The van der Waals surface area contributed by atoms with Crippen molar-refractivity contribution in [2.75, 3.05) is 85.5 Å². The van der Waals surface area contributed by atoms with E-state index in [9.17, 15) is 54.4 Å². The molecule has 0 aliphatic rings. The van der Waals surface area contributed by atoms with Gasteiger partial charge in [-0.25, -0.2) is 20.3 Å². The lowest BCUT2D eigenvalue weighted by Gasteiger charge is -2.16.